The minimum Gasteiger partial charge on any atom is -0.481 e. The highest BCUT2D eigenvalue weighted by molar-refractivity contribution is 5.88. The summed E-state index contributed by atoms with van der Waals surface area (Å²) < 4.78 is 0. The van der Waals surface area contributed by atoms with Gasteiger partial charge in [-0.15, -0.1) is 0 Å². The Morgan fingerprint density at radius 3 is 1.50 bits per heavy atom. The van der Waals surface area contributed by atoms with Crippen LogP contribution >= 0.6 is 0 Å². The molecule has 0 amide bonds. The Bertz CT molecular complexity index is 249. The standard InChI is InChI=1S/C6H8O7.CH6N2/c7-3(8)1-6(13,5(11)12)2-4(9)10;1-3-2/h13H,1-2H2,(H,7,8)(H,9,10)(H,11,12);3H,2H2,1H3. The lowest BCUT2D eigenvalue weighted by molar-refractivity contribution is -0.170. The number of hydrogen-bond donors (Lipinski definition) is 6. The number of nitrogens with two attached hydrogens (primary N) is 1. The van der Waals surface area contributed by atoms with Gasteiger partial charge in [-0.3, -0.25) is 20.9 Å². The maximum atomic E-state index is 10.3. The highest BCUT2D eigenvalue weighted by Crippen LogP contribution is 2.15. The minimum atomic E-state index is -2.74. The van der Waals surface area contributed by atoms with E-state index in [4.69, 9.17) is 20.4 Å². The fourth-order valence-electron chi connectivity index (χ4n) is 0.714. The summed E-state index contributed by atoms with van der Waals surface area (Å²) in [6, 6.07) is 0. The fraction of sp³-hybridized carbons (Fsp3) is 0.571. The first-order valence-corrected chi connectivity index (χ1v) is 3.96. The second-order valence-corrected chi connectivity index (χ2v) is 2.77. The first-order valence-electron chi connectivity index (χ1n) is 3.96. The van der Waals surface area contributed by atoms with Gasteiger partial charge in [0.1, 0.15) is 0 Å². The van der Waals surface area contributed by atoms with Crippen LogP contribution in [0.5, 0.6) is 0 Å². The highest BCUT2D eigenvalue weighted by atomic mass is 16.4. The zero-order chi connectivity index (χ0) is 13.4. The summed E-state index contributed by atoms with van der Waals surface area (Å²) >= 11 is 0. The fourth-order valence-corrected chi connectivity index (χ4v) is 0.714. The lowest BCUT2D eigenvalue weighted by atomic mass is 9.96. The summed E-state index contributed by atoms with van der Waals surface area (Å²) in [5, 5.41) is 33.8. The highest BCUT2D eigenvalue weighted by Gasteiger charge is 2.40. The number of rotatable bonds is 5. The Labute approximate surface area is 90.5 Å². The van der Waals surface area contributed by atoms with Gasteiger partial charge in [0.15, 0.2) is 5.60 Å². The predicted octanol–water partition coefficient (Wildman–Crippen LogP) is -2.17. The molecule has 9 nitrogen and oxygen atoms in total. The Morgan fingerprint density at radius 2 is 1.38 bits per heavy atom. The Morgan fingerprint density at radius 1 is 1.12 bits per heavy atom. The molecule has 0 heterocycles. The topological polar surface area (TPSA) is 170 Å². The predicted molar refractivity (Wildman–Crippen MR) is 50.3 cm³/mol. The lowest BCUT2D eigenvalue weighted by Gasteiger charge is -2.18. The van der Waals surface area contributed by atoms with E-state index < -0.39 is 36.4 Å². The molecule has 0 unspecified atom stereocenters. The molecule has 0 aromatic heterocycles. The Kier molecular flexibility index (Phi) is 7.90. The minimum absolute atomic E-state index is 1.14. The van der Waals surface area contributed by atoms with Crippen molar-refractivity contribution in [3.8, 4) is 0 Å². The van der Waals surface area contributed by atoms with Crippen LogP contribution in [0.25, 0.3) is 0 Å². The van der Waals surface area contributed by atoms with E-state index in [1.165, 1.54) is 0 Å². The average molecular weight is 238 g/mol. The Hall–Kier alpha value is -1.71. The second kappa shape index (κ2) is 7.56. The van der Waals surface area contributed by atoms with Crippen molar-refractivity contribution >= 4 is 17.9 Å². The quantitative estimate of drug-likeness (QED) is 0.230. The van der Waals surface area contributed by atoms with Crippen LogP contribution < -0.4 is 11.3 Å². The molecule has 0 aliphatic rings. The molecular weight excluding hydrogens is 224 g/mol. The molecule has 0 bridgehead atoms. The van der Waals surface area contributed by atoms with Crippen LogP contribution in [0.1, 0.15) is 12.8 Å². The van der Waals surface area contributed by atoms with E-state index in [1.807, 2.05) is 0 Å². The van der Waals surface area contributed by atoms with E-state index in [0.717, 1.165) is 0 Å². The van der Waals surface area contributed by atoms with Crippen molar-refractivity contribution in [1.82, 2.24) is 5.43 Å². The number of hydrogen-bond acceptors (Lipinski definition) is 6. The second-order valence-electron chi connectivity index (χ2n) is 2.77. The van der Waals surface area contributed by atoms with Gasteiger partial charge in [0.25, 0.3) is 0 Å². The molecule has 0 aromatic carbocycles. The number of carboxylic acids is 3. The summed E-state index contributed by atoms with van der Waals surface area (Å²) in [6.45, 7) is 0. The van der Waals surface area contributed by atoms with E-state index in [0.29, 0.717) is 0 Å². The average Bonchev–Trinajstić information content (AvgIpc) is 2.01. The van der Waals surface area contributed by atoms with E-state index >= 15 is 0 Å². The van der Waals surface area contributed by atoms with Gasteiger partial charge in [-0.25, -0.2) is 4.79 Å². The number of nitrogens with one attached hydrogen (secondary N) is 1. The zero-order valence-electron chi connectivity index (χ0n) is 8.51. The third kappa shape index (κ3) is 7.67. The van der Waals surface area contributed by atoms with Crippen LogP contribution in [0.15, 0.2) is 0 Å². The maximum Gasteiger partial charge on any atom is 0.336 e. The van der Waals surface area contributed by atoms with Crippen molar-refractivity contribution in [2.75, 3.05) is 7.05 Å². The lowest BCUT2D eigenvalue weighted by Crippen LogP contribution is -2.42. The summed E-state index contributed by atoms with van der Waals surface area (Å²) in [7, 11) is 1.65. The number of hydrazine groups is 1. The van der Waals surface area contributed by atoms with Gasteiger partial charge < -0.3 is 20.4 Å². The summed E-state index contributed by atoms with van der Waals surface area (Å²) in [6.07, 6.45) is -2.29. The number of carboxylic acid groups (broad SMARTS) is 3. The number of aliphatic hydroxyl groups is 1. The van der Waals surface area contributed by atoms with Crippen molar-refractivity contribution in [2.45, 2.75) is 18.4 Å². The van der Waals surface area contributed by atoms with E-state index in [-0.39, 0.29) is 0 Å². The van der Waals surface area contributed by atoms with Gasteiger partial charge in [-0.2, -0.15) is 0 Å². The molecule has 0 rings (SSSR count). The molecule has 0 radical (unpaired) electrons. The molecule has 9 heteroatoms. The molecule has 0 aromatic rings. The molecule has 0 atom stereocenters. The third-order valence-electron chi connectivity index (χ3n) is 1.29. The van der Waals surface area contributed by atoms with Crippen molar-refractivity contribution in [1.29, 1.82) is 0 Å². The Balaban J connectivity index is 0. The van der Waals surface area contributed by atoms with Gasteiger partial charge in [-0.1, -0.05) is 0 Å². The number of carbonyl (C=O) groups is 3. The first-order chi connectivity index (χ1) is 7.19. The van der Waals surface area contributed by atoms with E-state index in [2.05, 4.69) is 11.3 Å². The molecule has 0 aliphatic carbocycles. The molecule has 0 aliphatic heterocycles. The van der Waals surface area contributed by atoms with Crippen molar-refractivity contribution < 1.29 is 34.8 Å². The summed E-state index contributed by atoms with van der Waals surface area (Å²) in [4.78, 5) is 30.5. The van der Waals surface area contributed by atoms with Crippen molar-refractivity contribution in [2.24, 2.45) is 5.84 Å². The van der Waals surface area contributed by atoms with E-state index in [9.17, 15) is 14.4 Å². The normalized spacial score (nSPS) is 9.94. The van der Waals surface area contributed by atoms with Crippen molar-refractivity contribution in [3.63, 3.8) is 0 Å². The van der Waals surface area contributed by atoms with Crippen LogP contribution in [0.2, 0.25) is 0 Å². The van der Waals surface area contributed by atoms with Crippen molar-refractivity contribution in [3.05, 3.63) is 0 Å². The summed E-state index contributed by atoms with van der Waals surface area (Å²) in [5.74, 6) is -0.422. The monoisotopic (exact) mass is 238 g/mol. The molecular formula is C7H14N2O7. The van der Waals surface area contributed by atoms with Gasteiger partial charge in [0.05, 0.1) is 12.8 Å². The maximum absolute atomic E-state index is 10.3. The van der Waals surface area contributed by atoms with Crippen LogP contribution in [0, 0.1) is 0 Å². The molecule has 0 saturated carbocycles. The van der Waals surface area contributed by atoms with Crippen LogP contribution in [0.4, 0.5) is 0 Å². The zero-order valence-corrected chi connectivity index (χ0v) is 8.51. The molecule has 0 spiro atoms. The molecule has 0 fully saturated rings. The third-order valence-corrected chi connectivity index (χ3v) is 1.29. The van der Waals surface area contributed by atoms with E-state index in [1.54, 1.807) is 7.05 Å². The molecule has 7 N–H and O–H groups in total. The van der Waals surface area contributed by atoms with Gasteiger partial charge in [0, 0.05) is 0 Å². The number of aliphatic carboxylic acids is 3. The largest absolute Gasteiger partial charge is 0.481 e. The van der Waals surface area contributed by atoms with Crippen LogP contribution in [-0.4, -0.2) is 51.0 Å². The van der Waals surface area contributed by atoms with Crippen LogP contribution in [-0.2, 0) is 14.4 Å². The van der Waals surface area contributed by atoms with Crippen LogP contribution in [0.3, 0.4) is 0 Å². The first kappa shape index (κ1) is 16.7. The smallest absolute Gasteiger partial charge is 0.336 e. The van der Waals surface area contributed by atoms with Gasteiger partial charge >= 0.3 is 17.9 Å². The SMILES string of the molecule is CNN.O=C(O)CC(O)(CC(=O)O)C(=O)O. The van der Waals surface area contributed by atoms with Gasteiger partial charge in [-0.05, 0) is 7.05 Å². The molecule has 16 heavy (non-hydrogen) atoms. The van der Waals surface area contributed by atoms with Gasteiger partial charge in [0.2, 0.25) is 0 Å². The summed E-state index contributed by atoms with van der Waals surface area (Å²) in [5.41, 5.74) is -0.488. The molecule has 0 saturated heterocycles. The molecule has 94 valence electrons.